The fourth-order valence-electron chi connectivity index (χ4n) is 5.21. The van der Waals surface area contributed by atoms with Gasteiger partial charge in [0.15, 0.2) is 17.3 Å². The van der Waals surface area contributed by atoms with Crippen LogP contribution in [0.1, 0.15) is 34.3 Å². The van der Waals surface area contributed by atoms with E-state index in [-0.39, 0.29) is 23.9 Å². The van der Waals surface area contributed by atoms with Crippen LogP contribution in [0, 0.1) is 0 Å². The average molecular weight is 615 g/mol. The lowest BCUT2D eigenvalue weighted by Crippen LogP contribution is -2.38. The summed E-state index contributed by atoms with van der Waals surface area (Å²) in [5.74, 6) is -0.288. The summed E-state index contributed by atoms with van der Waals surface area (Å²) in [4.78, 5) is 8.54. The van der Waals surface area contributed by atoms with Crippen LogP contribution in [0.5, 0.6) is 0 Å². The van der Waals surface area contributed by atoms with Crippen molar-refractivity contribution in [3.05, 3.63) is 125 Å². The van der Waals surface area contributed by atoms with Gasteiger partial charge in [0, 0.05) is 0 Å². The fourth-order valence-corrected chi connectivity index (χ4v) is 5.54. The van der Waals surface area contributed by atoms with Gasteiger partial charge in [0.2, 0.25) is 0 Å². The Labute approximate surface area is 257 Å². The Kier molecular flexibility index (Phi) is 9.66. The Morgan fingerprint density at radius 3 is 2.00 bits per heavy atom. The van der Waals surface area contributed by atoms with Gasteiger partial charge in [0.05, 0.1) is 44.1 Å². The highest BCUT2D eigenvalue weighted by Gasteiger charge is 2.48. The second-order valence-corrected chi connectivity index (χ2v) is 11.3. The molecule has 1 fully saturated rings. The molecule has 1 saturated heterocycles. The maximum absolute atomic E-state index is 11.4. The van der Waals surface area contributed by atoms with Gasteiger partial charge in [-0.25, -0.2) is 14.5 Å². The molecule has 11 nitrogen and oxygen atoms in total. The highest BCUT2D eigenvalue weighted by atomic mass is 32.2. The van der Waals surface area contributed by atoms with E-state index in [1.165, 1.54) is 4.52 Å². The lowest BCUT2D eigenvalue weighted by molar-refractivity contribution is -0.0898. The van der Waals surface area contributed by atoms with E-state index in [9.17, 15) is 8.76 Å². The van der Waals surface area contributed by atoms with Crippen molar-refractivity contribution < 1.29 is 27.7 Å². The second kappa shape index (κ2) is 14.2. The van der Waals surface area contributed by atoms with E-state index in [1.807, 2.05) is 91.0 Å². The quantitative estimate of drug-likeness (QED) is 0.194. The summed E-state index contributed by atoms with van der Waals surface area (Å²) >= 11 is -2.40. The standard InChI is InChI=1S/C32H33N5O6S/c33-31-32-34-16-25(37(32)36-27(35-31)21-44(38)39)28-30(42-19-24-14-8-3-9-15-24)29(41-18-23-12-6-2-7-13-23)26(43-28)20-40-17-22-10-4-1-5-11-22/h1-16,26,28-30H,17-21H2,(H,38,39)(H2,33,35,36)/p-1/t26-,28+,29-,30+/m1/s1. The third-order valence-electron chi connectivity index (χ3n) is 7.27. The molecule has 0 amide bonds. The van der Waals surface area contributed by atoms with Crippen LogP contribution in [-0.4, -0.2) is 53.3 Å². The molecule has 5 atom stereocenters. The van der Waals surface area contributed by atoms with Crippen molar-refractivity contribution in [3.63, 3.8) is 0 Å². The third-order valence-corrected chi connectivity index (χ3v) is 7.76. The number of nitrogens with zero attached hydrogens (tertiary/aromatic N) is 4. The van der Waals surface area contributed by atoms with Crippen molar-refractivity contribution in [2.24, 2.45) is 0 Å². The zero-order valence-electron chi connectivity index (χ0n) is 23.8. The number of nitrogen functional groups attached to an aromatic ring is 1. The first-order valence-corrected chi connectivity index (χ1v) is 15.4. The molecule has 3 aromatic carbocycles. The van der Waals surface area contributed by atoms with Crippen LogP contribution < -0.4 is 5.73 Å². The maximum atomic E-state index is 11.4. The van der Waals surface area contributed by atoms with Crippen LogP contribution in [0.2, 0.25) is 0 Å². The van der Waals surface area contributed by atoms with Crippen molar-refractivity contribution in [2.75, 3.05) is 12.3 Å². The van der Waals surface area contributed by atoms with Crippen molar-refractivity contribution in [1.29, 1.82) is 0 Å². The molecule has 1 aliphatic rings. The monoisotopic (exact) mass is 614 g/mol. The van der Waals surface area contributed by atoms with E-state index < -0.39 is 41.2 Å². The molecule has 1 aliphatic heterocycles. The normalized spacial score (nSPS) is 20.7. The zero-order chi connectivity index (χ0) is 30.3. The number of imidazole rings is 1. The topological polar surface area (TPSA) is 146 Å². The van der Waals surface area contributed by atoms with Crippen molar-refractivity contribution in [2.45, 2.75) is 50.0 Å². The van der Waals surface area contributed by atoms with Gasteiger partial charge >= 0.3 is 0 Å². The van der Waals surface area contributed by atoms with Gasteiger partial charge < -0.3 is 29.2 Å². The molecule has 12 heteroatoms. The maximum Gasteiger partial charge on any atom is 0.196 e. The number of benzene rings is 3. The molecule has 0 bridgehead atoms. The van der Waals surface area contributed by atoms with Gasteiger partial charge in [-0.3, -0.25) is 4.21 Å². The number of aromatic nitrogens is 4. The second-order valence-electron chi connectivity index (χ2n) is 10.4. The molecule has 2 aromatic heterocycles. The third kappa shape index (κ3) is 7.18. The molecule has 2 N–H and O–H groups in total. The molecule has 6 rings (SSSR count). The molecule has 1 unspecified atom stereocenters. The van der Waals surface area contributed by atoms with E-state index in [1.54, 1.807) is 6.20 Å². The van der Waals surface area contributed by atoms with E-state index in [0.717, 1.165) is 16.7 Å². The van der Waals surface area contributed by atoms with Gasteiger partial charge in [-0.1, -0.05) is 91.0 Å². The summed E-state index contributed by atoms with van der Waals surface area (Å²) in [6.45, 7) is 1.29. The fraction of sp³-hybridized carbons (Fsp3) is 0.281. The molecule has 5 aromatic rings. The van der Waals surface area contributed by atoms with Crippen LogP contribution in [0.25, 0.3) is 5.65 Å². The van der Waals surface area contributed by atoms with Gasteiger partial charge in [-0.15, -0.1) is 5.10 Å². The molecule has 44 heavy (non-hydrogen) atoms. The number of hydrogen-bond acceptors (Lipinski definition) is 10. The lowest BCUT2D eigenvalue weighted by atomic mass is 10.0. The first-order valence-electron chi connectivity index (χ1n) is 14.2. The summed E-state index contributed by atoms with van der Waals surface area (Å²) in [6, 6.07) is 29.6. The minimum atomic E-state index is -2.40. The number of nitrogens with two attached hydrogens (primary N) is 1. The summed E-state index contributed by atoms with van der Waals surface area (Å²) < 4.78 is 50.2. The highest BCUT2D eigenvalue weighted by Crippen LogP contribution is 2.39. The highest BCUT2D eigenvalue weighted by molar-refractivity contribution is 7.78. The van der Waals surface area contributed by atoms with Gasteiger partial charge in [0.1, 0.15) is 24.4 Å². The average Bonchev–Trinajstić information content (AvgIpc) is 3.61. The van der Waals surface area contributed by atoms with Gasteiger partial charge in [-0.2, -0.15) is 0 Å². The van der Waals surface area contributed by atoms with E-state index in [2.05, 4.69) is 15.1 Å². The molecular formula is C32H32N5O6S-. The first-order chi connectivity index (χ1) is 21.5. The predicted octanol–water partition coefficient (Wildman–Crippen LogP) is 3.91. The number of hydrogen-bond donors (Lipinski definition) is 1. The van der Waals surface area contributed by atoms with E-state index in [4.69, 9.17) is 24.7 Å². The Morgan fingerprint density at radius 2 is 1.41 bits per heavy atom. The van der Waals surface area contributed by atoms with Crippen LogP contribution >= 0.6 is 0 Å². The Balaban J connectivity index is 1.33. The smallest absolute Gasteiger partial charge is 0.196 e. The number of rotatable bonds is 13. The predicted molar refractivity (Wildman–Crippen MR) is 162 cm³/mol. The number of anilines is 1. The minimum Gasteiger partial charge on any atom is -0.772 e. The largest absolute Gasteiger partial charge is 0.772 e. The number of ether oxygens (including phenoxy) is 4. The molecule has 0 aliphatic carbocycles. The Hall–Kier alpha value is -4.04. The van der Waals surface area contributed by atoms with Crippen molar-refractivity contribution in [3.8, 4) is 0 Å². The van der Waals surface area contributed by atoms with Gasteiger partial charge in [-0.05, 0) is 27.8 Å². The zero-order valence-corrected chi connectivity index (χ0v) is 24.6. The van der Waals surface area contributed by atoms with E-state index in [0.29, 0.717) is 25.5 Å². The van der Waals surface area contributed by atoms with Crippen LogP contribution in [0.15, 0.2) is 97.2 Å². The Morgan fingerprint density at radius 1 is 0.841 bits per heavy atom. The minimum absolute atomic E-state index is 0.0435. The van der Waals surface area contributed by atoms with Crippen molar-refractivity contribution in [1.82, 2.24) is 19.6 Å². The SMILES string of the molecule is Nc1nc(CS(=O)[O-])nn2c([C@@H]3O[C@H](COCc4ccccc4)[C@@H](OCc4ccccc4)[C@H]3OCc3ccccc3)cnc12. The van der Waals surface area contributed by atoms with Crippen LogP contribution in [-0.2, 0) is 55.6 Å². The van der Waals surface area contributed by atoms with Crippen LogP contribution in [0.3, 0.4) is 0 Å². The first kappa shape index (κ1) is 30.0. The molecule has 0 spiro atoms. The van der Waals surface area contributed by atoms with E-state index >= 15 is 0 Å². The summed E-state index contributed by atoms with van der Waals surface area (Å²) in [5.41, 5.74) is 10.0. The Bertz CT molecular complexity index is 1670. The molecule has 0 saturated carbocycles. The molecular weight excluding hydrogens is 582 g/mol. The molecule has 3 heterocycles. The lowest BCUT2D eigenvalue weighted by Gasteiger charge is -2.25. The summed E-state index contributed by atoms with van der Waals surface area (Å²) in [5, 5.41) is 4.44. The number of fused-ring (bicyclic) bond motifs is 1. The molecule has 228 valence electrons. The summed E-state index contributed by atoms with van der Waals surface area (Å²) in [6.07, 6.45) is -0.731. The van der Waals surface area contributed by atoms with Gasteiger partial charge in [0.25, 0.3) is 0 Å². The summed E-state index contributed by atoms with van der Waals surface area (Å²) in [7, 11) is 0. The van der Waals surface area contributed by atoms with Crippen LogP contribution in [0.4, 0.5) is 5.82 Å². The molecule has 0 radical (unpaired) electrons. The van der Waals surface area contributed by atoms with Crippen molar-refractivity contribution >= 4 is 22.5 Å².